The van der Waals surface area contributed by atoms with Crippen molar-refractivity contribution < 1.29 is 23.0 Å². The van der Waals surface area contributed by atoms with Gasteiger partial charge < -0.3 is 18.9 Å². The maximum Gasteiger partial charge on any atom is 0.257 e. The average molecular weight is 601 g/mol. The molecule has 0 spiro atoms. The van der Waals surface area contributed by atoms with Crippen LogP contribution < -0.4 is 9.47 Å². The Morgan fingerprint density at radius 2 is 1.86 bits per heavy atom. The maximum absolute atomic E-state index is 13.2. The Morgan fingerprint density at radius 3 is 2.59 bits per heavy atom. The Labute approximate surface area is 253 Å². The lowest BCUT2D eigenvalue weighted by molar-refractivity contribution is -0.129. The van der Waals surface area contributed by atoms with Gasteiger partial charge in [-0.15, -0.1) is 0 Å². The molecule has 1 aliphatic carbocycles. The molecule has 11 heteroatoms. The molecule has 7 rings (SSSR count). The number of ether oxygens (including phenoxy) is 2. The number of likely N-dealkylation sites (tertiary alicyclic amines) is 1. The van der Waals surface area contributed by atoms with Crippen LogP contribution in [0, 0.1) is 5.92 Å². The van der Waals surface area contributed by atoms with E-state index in [1.54, 1.807) is 19.4 Å². The summed E-state index contributed by atoms with van der Waals surface area (Å²) in [5.74, 6) is 1.35. The topological polar surface area (TPSA) is 87.3 Å². The van der Waals surface area contributed by atoms with E-state index in [2.05, 4.69) is 9.67 Å². The zero-order valence-corrected chi connectivity index (χ0v) is 24.9. The van der Waals surface area contributed by atoms with Crippen molar-refractivity contribution in [3.63, 3.8) is 0 Å². The standard InChI is InChI=1S/C33H34F2N6O3/c1-19(21-4-9-26(43-3)10-5-21)39-16-24(13-31(39)42)20(2)44-33-32-28(36-18-40(32)25-7-8-25)14-27(38-33)22-6-11-29-23(12-22)15-37-41(29)17-30(34)35/h4-6,9-12,14-15,18-20,24-25,30H,7-8,13,16-17H2,1-3H3/t19-,20-,24?/m1/s1. The molecule has 1 unspecified atom stereocenters. The lowest BCUT2D eigenvalue weighted by Gasteiger charge is -2.27. The third-order valence-corrected chi connectivity index (χ3v) is 8.92. The number of aromatic nitrogens is 5. The summed E-state index contributed by atoms with van der Waals surface area (Å²) in [4.78, 5) is 24.8. The normalized spacial score (nSPS) is 18.5. The van der Waals surface area contributed by atoms with Crippen molar-refractivity contribution in [2.75, 3.05) is 13.7 Å². The van der Waals surface area contributed by atoms with Gasteiger partial charge in [0.05, 0.1) is 42.4 Å². The van der Waals surface area contributed by atoms with Crippen LogP contribution in [-0.2, 0) is 11.3 Å². The monoisotopic (exact) mass is 600 g/mol. The van der Waals surface area contributed by atoms with Crippen molar-refractivity contribution in [2.45, 2.75) is 64.3 Å². The van der Waals surface area contributed by atoms with Gasteiger partial charge in [0.2, 0.25) is 11.8 Å². The van der Waals surface area contributed by atoms with Crippen LogP contribution in [0.25, 0.3) is 33.2 Å². The quantitative estimate of drug-likeness (QED) is 0.184. The zero-order valence-electron chi connectivity index (χ0n) is 24.9. The highest BCUT2D eigenvalue weighted by atomic mass is 19.3. The van der Waals surface area contributed by atoms with Gasteiger partial charge in [-0.25, -0.2) is 18.7 Å². The Hall–Kier alpha value is -4.54. The molecule has 0 radical (unpaired) electrons. The molecular formula is C33H34F2N6O3. The Balaban J connectivity index is 1.17. The number of pyridine rings is 1. The number of nitrogens with zero attached hydrogens (tertiary/aromatic N) is 6. The molecule has 1 saturated carbocycles. The molecule has 0 N–H and O–H groups in total. The number of amides is 1. The summed E-state index contributed by atoms with van der Waals surface area (Å²) in [6.07, 6.45) is 3.23. The fourth-order valence-corrected chi connectivity index (χ4v) is 6.19. The highest BCUT2D eigenvalue weighted by Gasteiger charge is 2.37. The number of imidazole rings is 1. The molecule has 2 aromatic carbocycles. The molecule has 2 fully saturated rings. The first kappa shape index (κ1) is 28.2. The van der Waals surface area contributed by atoms with Gasteiger partial charge in [-0.05, 0) is 62.6 Å². The van der Waals surface area contributed by atoms with Crippen molar-refractivity contribution in [3.8, 4) is 22.9 Å². The number of hydrogen-bond donors (Lipinski definition) is 0. The van der Waals surface area contributed by atoms with Gasteiger partial charge >= 0.3 is 0 Å². The Bertz CT molecular complexity index is 1830. The third-order valence-electron chi connectivity index (χ3n) is 8.92. The van der Waals surface area contributed by atoms with E-state index in [0.717, 1.165) is 46.1 Å². The fourth-order valence-electron chi connectivity index (χ4n) is 6.19. The fraction of sp³-hybridized carbons (Fsp3) is 0.394. The molecule has 228 valence electrons. The number of carbonyl (C=O) groups excluding carboxylic acids is 1. The van der Waals surface area contributed by atoms with Crippen molar-refractivity contribution in [3.05, 3.63) is 66.6 Å². The summed E-state index contributed by atoms with van der Waals surface area (Å²) < 4.78 is 41.4. The van der Waals surface area contributed by atoms with Crippen molar-refractivity contribution in [2.24, 2.45) is 5.92 Å². The van der Waals surface area contributed by atoms with Crippen LogP contribution in [-0.4, -0.2) is 61.3 Å². The lowest BCUT2D eigenvalue weighted by atomic mass is 10.0. The highest BCUT2D eigenvalue weighted by Crippen LogP contribution is 2.41. The minimum atomic E-state index is -2.49. The summed E-state index contributed by atoms with van der Waals surface area (Å²) in [7, 11) is 1.64. The molecule has 1 amide bonds. The third kappa shape index (κ3) is 5.24. The van der Waals surface area contributed by atoms with Gasteiger partial charge in [-0.3, -0.25) is 9.48 Å². The van der Waals surface area contributed by atoms with E-state index in [-0.39, 0.29) is 24.0 Å². The van der Waals surface area contributed by atoms with Gasteiger partial charge in [0, 0.05) is 35.9 Å². The summed E-state index contributed by atoms with van der Waals surface area (Å²) in [5, 5.41) is 4.89. The average Bonchev–Trinajstić information content (AvgIpc) is 3.46. The van der Waals surface area contributed by atoms with E-state index in [4.69, 9.17) is 19.4 Å². The predicted octanol–water partition coefficient (Wildman–Crippen LogP) is 6.43. The summed E-state index contributed by atoms with van der Waals surface area (Å²) in [5.41, 5.74) is 4.79. The maximum atomic E-state index is 13.2. The number of fused-ring (bicyclic) bond motifs is 2. The second kappa shape index (κ2) is 11.2. The van der Waals surface area contributed by atoms with Crippen LogP contribution in [0.5, 0.6) is 11.6 Å². The number of hydrogen-bond acceptors (Lipinski definition) is 6. The van der Waals surface area contributed by atoms with E-state index in [1.807, 2.05) is 67.5 Å². The van der Waals surface area contributed by atoms with E-state index in [9.17, 15) is 13.6 Å². The van der Waals surface area contributed by atoms with Crippen LogP contribution >= 0.6 is 0 Å². The first-order valence-corrected chi connectivity index (χ1v) is 15.0. The van der Waals surface area contributed by atoms with E-state index in [0.29, 0.717) is 36.1 Å². The number of carbonyl (C=O) groups is 1. The Kier molecular flexibility index (Phi) is 7.18. The van der Waals surface area contributed by atoms with E-state index < -0.39 is 13.0 Å². The van der Waals surface area contributed by atoms with Crippen LogP contribution in [0.15, 0.2) is 61.1 Å². The number of methoxy groups -OCH3 is 1. The summed E-state index contributed by atoms with van der Waals surface area (Å²) in [6.45, 7) is 4.17. The minimum Gasteiger partial charge on any atom is -0.497 e. The zero-order chi connectivity index (χ0) is 30.5. The predicted molar refractivity (Wildman–Crippen MR) is 162 cm³/mol. The highest BCUT2D eigenvalue weighted by molar-refractivity contribution is 5.88. The SMILES string of the molecule is COc1ccc([C@@H](C)N2CC([C@@H](C)Oc3nc(-c4ccc5c(cnn5CC(F)F)c4)cc4ncn(C5CC5)c34)CC2=O)cc1. The number of alkyl halides is 2. The molecule has 0 bridgehead atoms. The molecule has 3 aromatic heterocycles. The van der Waals surface area contributed by atoms with Crippen molar-refractivity contribution in [1.29, 1.82) is 0 Å². The molecule has 44 heavy (non-hydrogen) atoms. The molecule has 2 aliphatic rings. The number of benzene rings is 2. The van der Waals surface area contributed by atoms with E-state index >= 15 is 0 Å². The van der Waals surface area contributed by atoms with Gasteiger partial charge in [0.15, 0.2) is 0 Å². The van der Waals surface area contributed by atoms with Gasteiger partial charge in [0.1, 0.15) is 23.9 Å². The van der Waals surface area contributed by atoms with Crippen LogP contribution in [0.3, 0.4) is 0 Å². The molecule has 1 saturated heterocycles. The first-order chi connectivity index (χ1) is 21.3. The molecule has 4 heterocycles. The Morgan fingerprint density at radius 1 is 1.07 bits per heavy atom. The molecule has 1 aliphatic heterocycles. The number of rotatable bonds is 10. The van der Waals surface area contributed by atoms with E-state index in [1.165, 1.54) is 4.68 Å². The summed E-state index contributed by atoms with van der Waals surface area (Å²) >= 11 is 0. The molecule has 5 aromatic rings. The number of halogens is 2. The van der Waals surface area contributed by atoms with Crippen LogP contribution in [0.1, 0.15) is 50.8 Å². The summed E-state index contributed by atoms with van der Waals surface area (Å²) in [6, 6.07) is 15.6. The van der Waals surface area contributed by atoms with Gasteiger partial charge in [0.25, 0.3) is 6.43 Å². The second-order valence-electron chi connectivity index (χ2n) is 11.8. The van der Waals surface area contributed by atoms with Crippen molar-refractivity contribution in [1.82, 2.24) is 29.2 Å². The first-order valence-electron chi connectivity index (χ1n) is 15.0. The van der Waals surface area contributed by atoms with Gasteiger partial charge in [-0.1, -0.05) is 18.2 Å². The minimum absolute atomic E-state index is 0.0157. The smallest absolute Gasteiger partial charge is 0.257 e. The van der Waals surface area contributed by atoms with Crippen molar-refractivity contribution >= 4 is 27.8 Å². The van der Waals surface area contributed by atoms with Crippen LogP contribution in [0.2, 0.25) is 0 Å². The molecule has 9 nitrogen and oxygen atoms in total. The second-order valence-corrected chi connectivity index (χ2v) is 11.8. The molecule has 3 atom stereocenters. The largest absolute Gasteiger partial charge is 0.497 e. The molecular weight excluding hydrogens is 566 g/mol. The van der Waals surface area contributed by atoms with Gasteiger partial charge in [-0.2, -0.15) is 5.10 Å². The van der Waals surface area contributed by atoms with Crippen LogP contribution in [0.4, 0.5) is 8.78 Å². The lowest BCUT2D eigenvalue weighted by Crippen LogP contribution is -2.31.